The Morgan fingerprint density at radius 3 is 2.48 bits per heavy atom. The minimum absolute atomic E-state index is 0.132. The SMILES string of the molecule is CO[C@H](C(=O)NCC(C)(C)N1CCS(=O)CC1)c1ccccc1. The van der Waals surface area contributed by atoms with Crippen molar-refractivity contribution in [2.45, 2.75) is 25.5 Å². The number of amides is 1. The van der Waals surface area contributed by atoms with Crippen LogP contribution < -0.4 is 5.32 Å². The average molecular weight is 338 g/mol. The number of rotatable bonds is 6. The lowest BCUT2D eigenvalue weighted by atomic mass is 10.0. The van der Waals surface area contributed by atoms with E-state index in [9.17, 15) is 9.00 Å². The van der Waals surface area contributed by atoms with Gasteiger partial charge in [0.1, 0.15) is 0 Å². The first-order chi connectivity index (χ1) is 10.9. The van der Waals surface area contributed by atoms with E-state index < -0.39 is 16.9 Å². The van der Waals surface area contributed by atoms with Gasteiger partial charge < -0.3 is 10.1 Å². The smallest absolute Gasteiger partial charge is 0.253 e. The number of ether oxygens (including phenoxy) is 1. The van der Waals surface area contributed by atoms with Crippen molar-refractivity contribution in [3.8, 4) is 0 Å². The van der Waals surface area contributed by atoms with Crippen LogP contribution in [0.25, 0.3) is 0 Å². The first kappa shape index (κ1) is 18.1. The molecule has 0 bridgehead atoms. The fourth-order valence-electron chi connectivity index (χ4n) is 2.77. The van der Waals surface area contributed by atoms with E-state index in [2.05, 4.69) is 24.1 Å². The highest BCUT2D eigenvalue weighted by molar-refractivity contribution is 7.85. The highest BCUT2D eigenvalue weighted by atomic mass is 32.2. The zero-order valence-electron chi connectivity index (χ0n) is 14.1. The predicted molar refractivity (Wildman–Crippen MR) is 92.7 cm³/mol. The van der Waals surface area contributed by atoms with E-state index in [1.54, 1.807) is 7.11 Å². The minimum Gasteiger partial charge on any atom is -0.367 e. The molecular weight excluding hydrogens is 312 g/mol. The van der Waals surface area contributed by atoms with Crippen molar-refractivity contribution in [3.63, 3.8) is 0 Å². The standard InChI is InChI=1S/C17H26N2O3S/c1-17(2,19-9-11-23(21)12-10-19)13-18-16(20)15(22-3)14-7-5-4-6-8-14/h4-8,15H,9-13H2,1-3H3,(H,18,20)/t15-/m0/s1. The van der Waals surface area contributed by atoms with E-state index in [0.717, 1.165) is 18.7 Å². The molecule has 2 rings (SSSR count). The molecule has 23 heavy (non-hydrogen) atoms. The zero-order valence-corrected chi connectivity index (χ0v) is 14.9. The van der Waals surface area contributed by atoms with E-state index >= 15 is 0 Å². The van der Waals surface area contributed by atoms with Crippen LogP contribution in [0, 0.1) is 0 Å². The van der Waals surface area contributed by atoms with Gasteiger partial charge in [0.2, 0.25) is 0 Å². The Kier molecular flexibility index (Phi) is 6.33. The Bertz CT molecular complexity index is 538. The lowest BCUT2D eigenvalue weighted by molar-refractivity contribution is -0.132. The summed E-state index contributed by atoms with van der Waals surface area (Å²) >= 11 is 0. The molecule has 6 heteroatoms. The number of methoxy groups -OCH3 is 1. The molecule has 0 radical (unpaired) electrons. The van der Waals surface area contributed by atoms with E-state index in [0.29, 0.717) is 18.1 Å². The summed E-state index contributed by atoms with van der Waals surface area (Å²) in [5, 5.41) is 3.00. The molecule has 0 unspecified atom stereocenters. The summed E-state index contributed by atoms with van der Waals surface area (Å²) in [4.78, 5) is 14.7. The summed E-state index contributed by atoms with van der Waals surface area (Å²) in [5.74, 6) is 1.29. The lowest BCUT2D eigenvalue weighted by Crippen LogP contribution is -2.56. The number of benzene rings is 1. The second kappa shape index (κ2) is 8.04. The molecule has 0 saturated carbocycles. The van der Waals surface area contributed by atoms with Gasteiger partial charge in [-0.3, -0.25) is 13.9 Å². The van der Waals surface area contributed by atoms with Gasteiger partial charge in [0.05, 0.1) is 0 Å². The minimum atomic E-state index is -0.691. The molecule has 5 nitrogen and oxygen atoms in total. The number of carbonyl (C=O) groups excluding carboxylic acids is 1. The molecule has 0 spiro atoms. The van der Waals surface area contributed by atoms with Crippen molar-refractivity contribution in [1.82, 2.24) is 10.2 Å². The van der Waals surface area contributed by atoms with Gasteiger partial charge >= 0.3 is 0 Å². The normalized spacial score (nSPS) is 18.6. The molecule has 1 amide bonds. The highest BCUT2D eigenvalue weighted by Crippen LogP contribution is 2.19. The Balaban J connectivity index is 1.93. The molecule has 1 fully saturated rings. The second-order valence-corrected chi connectivity index (χ2v) is 8.09. The van der Waals surface area contributed by atoms with Gasteiger partial charge in [-0.15, -0.1) is 0 Å². The van der Waals surface area contributed by atoms with Crippen LogP contribution in [0.3, 0.4) is 0 Å². The highest BCUT2D eigenvalue weighted by Gasteiger charge is 2.31. The van der Waals surface area contributed by atoms with E-state index in [1.807, 2.05) is 30.3 Å². The number of hydrogen-bond acceptors (Lipinski definition) is 4. The van der Waals surface area contributed by atoms with Crippen LogP contribution in [0.15, 0.2) is 30.3 Å². The molecule has 1 heterocycles. The Morgan fingerprint density at radius 1 is 1.30 bits per heavy atom. The van der Waals surface area contributed by atoms with E-state index in [4.69, 9.17) is 4.74 Å². The summed E-state index contributed by atoms with van der Waals surface area (Å²) < 4.78 is 16.8. The third kappa shape index (κ3) is 4.86. The van der Waals surface area contributed by atoms with Crippen LogP contribution in [-0.4, -0.2) is 58.8 Å². The predicted octanol–water partition coefficient (Wildman–Crippen LogP) is 1.33. The van der Waals surface area contributed by atoms with Crippen LogP contribution in [0.1, 0.15) is 25.5 Å². The first-order valence-electron chi connectivity index (χ1n) is 7.89. The van der Waals surface area contributed by atoms with Gasteiger partial charge in [0.15, 0.2) is 6.10 Å². The Hall–Kier alpha value is -1.24. The van der Waals surface area contributed by atoms with Gasteiger partial charge in [-0.05, 0) is 19.4 Å². The van der Waals surface area contributed by atoms with Crippen LogP contribution in [-0.2, 0) is 20.3 Å². The molecule has 1 N–H and O–H groups in total. The summed E-state index contributed by atoms with van der Waals surface area (Å²) in [7, 11) is 0.853. The first-order valence-corrected chi connectivity index (χ1v) is 9.38. The van der Waals surface area contributed by atoms with E-state index in [-0.39, 0.29) is 11.4 Å². The molecule has 1 aromatic carbocycles. The van der Waals surface area contributed by atoms with Gasteiger partial charge in [0.25, 0.3) is 5.91 Å². The number of hydrogen-bond donors (Lipinski definition) is 1. The molecule has 0 aliphatic carbocycles. The van der Waals surface area contributed by atoms with Crippen molar-refractivity contribution < 1.29 is 13.7 Å². The topological polar surface area (TPSA) is 58.6 Å². The Labute approximate surface area is 140 Å². The van der Waals surface area contributed by atoms with Crippen molar-refractivity contribution >= 4 is 16.7 Å². The van der Waals surface area contributed by atoms with Crippen molar-refractivity contribution in [1.29, 1.82) is 0 Å². The largest absolute Gasteiger partial charge is 0.367 e. The second-order valence-electron chi connectivity index (χ2n) is 6.39. The number of nitrogens with one attached hydrogen (secondary N) is 1. The third-order valence-electron chi connectivity index (χ3n) is 4.31. The Morgan fingerprint density at radius 2 is 1.91 bits per heavy atom. The monoisotopic (exact) mass is 338 g/mol. The van der Waals surface area contributed by atoms with Crippen LogP contribution >= 0.6 is 0 Å². The maximum atomic E-state index is 12.5. The lowest BCUT2D eigenvalue weighted by Gasteiger charge is -2.40. The van der Waals surface area contributed by atoms with E-state index in [1.165, 1.54) is 0 Å². The summed E-state index contributed by atoms with van der Waals surface area (Å²) in [6, 6.07) is 9.48. The maximum absolute atomic E-state index is 12.5. The molecule has 1 atom stereocenters. The average Bonchev–Trinajstić information content (AvgIpc) is 2.55. The zero-order chi connectivity index (χ0) is 16.9. The van der Waals surface area contributed by atoms with Gasteiger partial charge in [-0.1, -0.05) is 30.3 Å². The van der Waals surface area contributed by atoms with Crippen molar-refractivity contribution in [2.75, 3.05) is 38.2 Å². The quantitative estimate of drug-likeness (QED) is 0.850. The van der Waals surface area contributed by atoms with Crippen molar-refractivity contribution in [2.24, 2.45) is 0 Å². The maximum Gasteiger partial charge on any atom is 0.253 e. The molecular formula is C17H26N2O3S. The van der Waals surface area contributed by atoms with Gasteiger partial charge in [-0.2, -0.15) is 0 Å². The van der Waals surface area contributed by atoms with Crippen LogP contribution in [0.5, 0.6) is 0 Å². The van der Waals surface area contributed by atoms with Crippen LogP contribution in [0.2, 0.25) is 0 Å². The number of carbonyl (C=O) groups is 1. The van der Waals surface area contributed by atoms with Gasteiger partial charge in [0, 0.05) is 54.6 Å². The molecule has 1 saturated heterocycles. The molecule has 128 valence electrons. The van der Waals surface area contributed by atoms with Crippen LogP contribution in [0.4, 0.5) is 0 Å². The summed E-state index contributed by atoms with van der Waals surface area (Å²) in [6.45, 7) is 6.35. The molecule has 1 aliphatic heterocycles. The van der Waals surface area contributed by atoms with Gasteiger partial charge in [-0.25, -0.2) is 0 Å². The fraction of sp³-hybridized carbons (Fsp3) is 0.588. The fourth-order valence-corrected chi connectivity index (χ4v) is 3.83. The molecule has 0 aromatic heterocycles. The van der Waals surface area contributed by atoms with Crippen molar-refractivity contribution in [3.05, 3.63) is 35.9 Å². The molecule has 1 aliphatic rings. The third-order valence-corrected chi connectivity index (χ3v) is 5.58. The number of nitrogens with zero attached hydrogens (tertiary/aromatic N) is 1. The summed E-state index contributed by atoms with van der Waals surface area (Å²) in [5.41, 5.74) is 0.675. The molecule has 1 aromatic rings. The summed E-state index contributed by atoms with van der Waals surface area (Å²) in [6.07, 6.45) is -0.596.